The Morgan fingerprint density at radius 2 is 1.82 bits per heavy atom. The Morgan fingerprint density at radius 3 is 2.41 bits per heavy atom. The van der Waals surface area contributed by atoms with Gasteiger partial charge < -0.3 is 0 Å². The van der Waals surface area contributed by atoms with Gasteiger partial charge in [0, 0.05) is 3.57 Å². The fourth-order valence-electron chi connectivity index (χ4n) is 1.87. The third-order valence-corrected chi connectivity index (χ3v) is 3.77. The normalized spacial score (nSPS) is 12.2. The lowest BCUT2D eigenvalue weighted by atomic mass is 9.96. The third-order valence-electron chi connectivity index (χ3n) is 3.05. The molecule has 0 amide bonds. The Labute approximate surface area is 120 Å². The molecule has 17 heavy (non-hydrogen) atoms. The van der Waals surface area contributed by atoms with Crippen molar-refractivity contribution in [3.05, 3.63) is 45.0 Å². The minimum absolute atomic E-state index is 0.824. The van der Waals surface area contributed by atoms with Gasteiger partial charge in [-0.2, -0.15) is 0 Å². The quantitative estimate of drug-likeness (QED) is 0.466. The second kappa shape index (κ2) is 7.91. The summed E-state index contributed by atoms with van der Waals surface area (Å²) in [4.78, 5) is 0. The van der Waals surface area contributed by atoms with Crippen molar-refractivity contribution in [1.29, 1.82) is 0 Å². The van der Waals surface area contributed by atoms with Crippen molar-refractivity contribution >= 4 is 22.6 Å². The average Bonchev–Trinajstić information content (AvgIpc) is 2.28. The minimum Gasteiger partial charge on any atom is -0.0859 e. The van der Waals surface area contributed by atoms with E-state index in [2.05, 4.69) is 73.7 Å². The first-order chi connectivity index (χ1) is 8.08. The van der Waals surface area contributed by atoms with E-state index >= 15 is 0 Å². The molecule has 1 heteroatoms. The fourth-order valence-corrected chi connectivity index (χ4v) is 2.22. The molecule has 0 radical (unpaired) electrons. The number of aryl methyl sites for hydroxylation is 1. The van der Waals surface area contributed by atoms with E-state index in [0.717, 1.165) is 5.92 Å². The van der Waals surface area contributed by atoms with Crippen molar-refractivity contribution in [3.63, 3.8) is 0 Å². The topological polar surface area (TPSA) is 0 Å². The summed E-state index contributed by atoms with van der Waals surface area (Å²) in [7, 11) is 0. The molecule has 0 aliphatic rings. The molecule has 94 valence electrons. The van der Waals surface area contributed by atoms with Gasteiger partial charge in [0.1, 0.15) is 0 Å². The van der Waals surface area contributed by atoms with Gasteiger partial charge in [-0.1, -0.05) is 30.7 Å². The van der Waals surface area contributed by atoms with Crippen LogP contribution in [0.25, 0.3) is 0 Å². The van der Waals surface area contributed by atoms with E-state index in [9.17, 15) is 0 Å². The lowest BCUT2D eigenvalue weighted by molar-refractivity contribution is 0.497. The van der Waals surface area contributed by atoms with Crippen molar-refractivity contribution in [2.45, 2.75) is 46.5 Å². The summed E-state index contributed by atoms with van der Waals surface area (Å²) in [6.07, 6.45) is 7.41. The Hall–Kier alpha value is -0.310. The van der Waals surface area contributed by atoms with Crippen molar-refractivity contribution in [3.8, 4) is 0 Å². The molecule has 0 heterocycles. The third kappa shape index (κ3) is 6.87. The van der Waals surface area contributed by atoms with Gasteiger partial charge in [-0.3, -0.25) is 0 Å². The van der Waals surface area contributed by atoms with Crippen LogP contribution in [0.15, 0.2) is 35.9 Å². The van der Waals surface area contributed by atoms with Crippen LogP contribution in [0.5, 0.6) is 0 Å². The van der Waals surface area contributed by atoms with Gasteiger partial charge in [0.2, 0.25) is 0 Å². The summed E-state index contributed by atoms with van der Waals surface area (Å²) in [5, 5.41) is 0. The molecular weight excluding hydrogens is 319 g/mol. The van der Waals surface area contributed by atoms with E-state index in [1.165, 1.54) is 40.4 Å². The van der Waals surface area contributed by atoms with Crippen LogP contribution >= 0.6 is 22.6 Å². The van der Waals surface area contributed by atoms with E-state index < -0.39 is 0 Å². The van der Waals surface area contributed by atoms with Crippen LogP contribution in [-0.2, 0) is 6.42 Å². The predicted molar refractivity (Wildman–Crippen MR) is 85.3 cm³/mol. The molecule has 0 saturated heterocycles. The molecule has 0 N–H and O–H groups in total. The lowest BCUT2D eigenvalue weighted by Crippen LogP contribution is -1.97. The van der Waals surface area contributed by atoms with Gasteiger partial charge in [-0.15, -0.1) is 0 Å². The van der Waals surface area contributed by atoms with E-state index in [1.54, 1.807) is 0 Å². The van der Waals surface area contributed by atoms with Crippen LogP contribution in [0.4, 0.5) is 0 Å². The summed E-state index contributed by atoms with van der Waals surface area (Å²) in [5.41, 5.74) is 2.91. The number of rotatable bonds is 6. The van der Waals surface area contributed by atoms with Crippen molar-refractivity contribution < 1.29 is 0 Å². The number of hydrogen-bond donors (Lipinski definition) is 0. The van der Waals surface area contributed by atoms with Gasteiger partial charge in [0.05, 0.1) is 0 Å². The number of benzene rings is 1. The van der Waals surface area contributed by atoms with Gasteiger partial charge in [0.25, 0.3) is 0 Å². The summed E-state index contributed by atoms with van der Waals surface area (Å²) < 4.78 is 1.32. The highest BCUT2D eigenvalue weighted by molar-refractivity contribution is 14.1. The fraction of sp³-hybridized carbons (Fsp3) is 0.500. The molecule has 0 spiro atoms. The predicted octanol–water partition coefficient (Wildman–Crippen LogP) is 5.61. The van der Waals surface area contributed by atoms with Gasteiger partial charge >= 0.3 is 0 Å². The molecule has 1 aromatic carbocycles. The second-order valence-electron chi connectivity index (χ2n) is 5.13. The number of halogens is 1. The zero-order valence-corrected chi connectivity index (χ0v) is 13.3. The second-order valence-corrected chi connectivity index (χ2v) is 6.37. The molecule has 0 unspecified atom stereocenters. The Kier molecular flexibility index (Phi) is 6.86. The maximum Gasteiger partial charge on any atom is 0.0130 e. The first-order valence-electron chi connectivity index (χ1n) is 6.45. The molecule has 0 bridgehead atoms. The highest BCUT2D eigenvalue weighted by atomic mass is 127. The molecule has 0 aliphatic heterocycles. The molecule has 1 aromatic rings. The number of allylic oxidation sites excluding steroid dienone is 2. The SMILES string of the molecule is CC(C)=CCC[C@H](C)CCc1ccc(I)cc1. The highest BCUT2D eigenvalue weighted by Gasteiger charge is 2.02. The summed E-state index contributed by atoms with van der Waals surface area (Å²) in [5.74, 6) is 0.824. The largest absolute Gasteiger partial charge is 0.0859 e. The van der Waals surface area contributed by atoms with Crippen LogP contribution in [0, 0.1) is 9.49 Å². The molecule has 0 fully saturated rings. The Bertz CT molecular complexity index is 344. The molecule has 0 nitrogen and oxygen atoms in total. The first kappa shape index (κ1) is 14.7. The minimum atomic E-state index is 0.824. The van der Waals surface area contributed by atoms with E-state index in [-0.39, 0.29) is 0 Å². The summed E-state index contributed by atoms with van der Waals surface area (Å²) >= 11 is 2.36. The monoisotopic (exact) mass is 342 g/mol. The zero-order chi connectivity index (χ0) is 12.7. The van der Waals surface area contributed by atoms with Crippen LogP contribution < -0.4 is 0 Å². The molecule has 1 rings (SSSR count). The first-order valence-corrected chi connectivity index (χ1v) is 7.53. The van der Waals surface area contributed by atoms with E-state index in [4.69, 9.17) is 0 Å². The van der Waals surface area contributed by atoms with E-state index in [1.807, 2.05) is 0 Å². The number of hydrogen-bond acceptors (Lipinski definition) is 0. The molecule has 0 saturated carbocycles. The molecule has 0 aliphatic carbocycles. The smallest absolute Gasteiger partial charge is 0.0130 e. The maximum atomic E-state index is 2.37. The van der Waals surface area contributed by atoms with Gasteiger partial charge in [0.15, 0.2) is 0 Å². The van der Waals surface area contributed by atoms with Crippen molar-refractivity contribution in [2.24, 2.45) is 5.92 Å². The average molecular weight is 342 g/mol. The van der Waals surface area contributed by atoms with Crippen LogP contribution in [0.1, 0.15) is 45.6 Å². The Morgan fingerprint density at radius 1 is 1.18 bits per heavy atom. The lowest BCUT2D eigenvalue weighted by Gasteiger charge is -2.10. The van der Waals surface area contributed by atoms with Crippen LogP contribution in [0.2, 0.25) is 0 Å². The van der Waals surface area contributed by atoms with Crippen molar-refractivity contribution in [1.82, 2.24) is 0 Å². The standard InChI is InChI=1S/C16H23I/c1-13(2)5-4-6-14(3)7-8-15-9-11-16(17)12-10-15/h5,9-12,14H,4,6-8H2,1-3H3/t14-/m0/s1. The molecular formula is C16H23I. The molecule has 1 atom stereocenters. The zero-order valence-electron chi connectivity index (χ0n) is 11.2. The summed E-state index contributed by atoms with van der Waals surface area (Å²) in [6, 6.07) is 8.91. The highest BCUT2D eigenvalue weighted by Crippen LogP contribution is 2.16. The molecule has 0 aromatic heterocycles. The van der Waals surface area contributed by atoms with Crippen molar-refractivity contribution in [2.75, 3.05) is 0 Å². The van der Waals surface area contributed by atoms with Gasteiger partial charge in [-0.25, -0.2) is 0 Å². The maximum absolute atomic E-state index is 2.37. The van der Waals surface area contributed by atoms with E-state index in [0.29, 0.717) is 0 Å². The van der Waals surface area contributed by atoms with Gasteiger partial charge in [-0.05, 0) is 85.7 Å². The summed E-state index contributed by atoms with van der Waals surface area (Å²) in [6.45, 7) is 6.72. The van der Waals surface area contributed by atoms with Crippen LogP contribution in [0.3, 0.4) is 0 Å². The Balaban J connectivity index is 2.26. The van der Waals surface area contributed by atoms with Crippen LogP contribution in [-0.4, -0.2) is 0 Å².